The number of guanidine groups is 1. The van der Waals surface area contributed by atoms with Crippen LogP contribution in [0.1, 0.15) is 12.1 Å². The molecule has 0 unspecified atom stereocenters. The molecule has 0 bridgehead atoms. The molecule has 0 spiro atoms. The van der Waals surface area contributed by atoms with E-state index in [0.717, 1.165) is 42.7 Å². The Hall–Kier alpha value is -1.81. The van der Waals surface area contributed by atoms with E-state index in [4.69, 9.17) is 9.47 Å². The summed E-state index contributed by atoms with van der Waals surface area (Å²) < 4.78 is 12.0. The van der Waals surface area contributed by atoms with Crippen LogP contribution in [0.2, 0.25) is 0 Å². The molecule has 0 aliphatic heterocycles. The summed E-state index contributed by atoms with van der Waals surface area (Å²) in [4.78, 5) is 4.19. The van der Waals surface area contributed by atoms with E-state index >= 15 is 0 Å². The van der Waals surface area contributed by atoms with Gasteiger partial charge in [-0.2, -0.15) is 5.10 Å². The SMILES string of the molecule is CN=C(NCCCOC)NCc1ccn(-c2ccc(OC)cc2)n1.I. The fourth-order valence-corrected chi connectivity index (χ4v) is 2.15. The van der Waals surface area contributed by atoms with E-state index < -0.39 is 0 Å². The van der Waals surface area contributed by atoms with Crippen LogP contribution in [-0.4, -0.2) is 50.2 Å². The molecule has 7 nitrogen and oxygen atoms in total. The Bertz CT molecular complexity index is 643. The second kappa shape index (κ2) is 11.7. The van der Waals surface area contributed by atoms with E-state index in [1.54, 1.807) is 21.3 Å². The molecule has 1 aromatic heterocycles. The number of nitrogens with zero attached hydrogens (tertiary/aromatic N) is 3. The zero-order valence-electron chi connectivity index (χ0n) is 14.9. The number of aromatic nitrogens is 2. The van der Waals surface area contributed by atoms with E-state index in [-0.39, 0.29) is 24.0 Å². The van der Waals surface area contributed by atoms with Crippen molar-refractivity contribution in [2.24, 2.45) is 4.99 Å². The van der Waals surface area contributed by atoms with Crippen LogP contribution in [-0.2, 0) is 11.3 Å². The van der Waals surface area contributed by atoms with Gasteiger partial charge in [0.1, 0.15) is 5.75 Å². The highest BCUT2D eigenvalue weighted by Crippen LogP contribution is 2.14. The quantitative estimate of drug-likeness (QED) is 0.274. The van der Waals surface area contributed by atoms with Crippen molar-refractivity contribution >= 4 is 29.9 Å². The van der Waals surface area contributed by atoms with Crippen molar-refractivity contribution in [1.29, 1.82) is 0 Å². The first kappa shape index (κ1) is 21.2. The Morgan fingerprint density at radius 3 is 2.56 bits per heavy atom. The Kier molecular flexibility index (Phi) is 9.93. The van der Waals surface area contributed by atoms with E-state index in [0.29, 0.717) is 6.54 Å². The summed E-state index contributed by atoms with van der Waals surface area (Å²) >= 11 is 0. The van der Waals surface area contributed by atoms with Gasteiger partial charge in [-0.15, -0.1) is 24.0 Å². The van der Waals surface area contributed by atoms with Gasteiger partial charge in [-0.25, -0.2) is 4.68 Å². The number of hydrogen-bond acceptors (Lipinski definition) is 4. The highest BCUT2D eigenvalue weighted by atomic mass is 127. The molecule has 0 aliphatic carbocycles. The molecule has 138 valence electrons. The molecule has 0 atom stereocenters. The third-order valence-corrected chi connectivity index (χ3v) is 3.46. The van der Waals surface area contributed by atoms with E-state index in [1.165, 1.54) is 0 Å². The van der Waals surface area contributed by atoms with Crippen LogP contribution in [0.15, 0.2) is 41.5 Å². The molecular formula is C17H26IN5O2. The van der Waals surface area contributed by atoms with Crippen molar-refractivity contribution in [3.05, 3.63) is 42.2 Å². The standard InChI is InChI=1S/C17H25N5O2.HI/c1-18-17(19-10-4-12-23-2)20-13-14-9-11-22(21-14)15-5-7-16(24-3)8-6-15;/h5-9,11H,4,10,12-13H2,1-3H3,(H2,18,19,20);1H. The van der Waals surface area contributed by atoms with Gasteiger partial charge in [-0.3, -0.25) is 4.99 Å². The second-order valence-corrected chi connectivity index (χ2v) is 5.15. The van der Waals surface area contributed by atoms with Gasteiger partial charge in [0.15, 0.2) is 5.96 Å². The maximum absolute atomic E-state index is 5.17. The molecule has 1 aromatic carbocycles. The van der Waals surface area contributed by atoms with Gasteiger partial charge in [0, 0.05) is 33.5 Å². The molecule has 0 radical (unpaired) electrons. The Balaban J connectivity index is 0.00000312. The van der Waals surface area contributed by atoms with Crippen molar-refractivity contribution in [2.75, 3.05) is 34.4 Å². The van der Waals surface area contributed by atoms with Crippen molar-refractivity contribution in [3.63, 3.8) is 0 Å². The maximum atomic E-state index is 5.17. The zero-order valence-corrected chi connectivity index (χ0v) is 17.2. The Morgan fingerprint density at radius 1 is 1.16 bits per heavy atom. The minimum Gasteiger partial charge on any atom is -0.497 e. The minimum absolute atomic E-state index is 0. The van der Waals surface area contributed by atoms with Crippen LogP contribution in [0, 0.1) is 0 Å². The highest BCUT2D eigenvalue weighted by Gasteiger charge is 2.03. The van der Waals surface area contributed by atoms with Gasteiger partial charge in [0.05, 0.1) is 25.0 Å². The molecule has 2 aromatic rings. The second-order valence-electron chi connectivity index (χ2n) is 5.15. The van der Waals surface area contributed by atoms with Crippen LogP contribution < -0.4 is 15.4 Å². The Morgan fingerprint density at radius 2 is 1.92 bits per heavy atom. The first-order valence-electron chi connectivity index (χ1n) is 7.89. The van der Waals surface area contributed by atoms with Crippen molar-refractivity contribution in [2.45, 2.75) is 13.0 Å². The maximum Gasteiger partial charge on any atom is 0.191 e. The molecule has 2 rings (SSSR count). The summed E-state index contributed by atoms with van der Waals surface area (Å²) in [7, 11) is 5.11. The zero-order chi connectivity index (χ0) is 17.2. The summed E-state index contributed by atoms with van der Waals surface area (Å²) in [6, 6.07) is 9.76. The number of benzene rings is 1. The highest BCUT2D eigenvalue weighted by molar-refractivity contribution is 14.0. The van der Waals surface area contributed by atoms with Gasteiger partial charge >= 0.3 is 0 Å². The third kappa shape index (κ3) is 6.91. The fourth-order valence-electron chi connectivity index (χ4n) is 2.15. The summed E-state index contributed by atoms with van der Waals surface area (Å²) in [6.45, 7) is 2.15. The van der Waals surface area contributed by atoms with Gasteiger partial charge in [0.25, 0.3) is 0 Å². The lowest BCUT2D eigenvalue weighted by molar-refractivity contribution is 0.195. The van der Waals surface area contributed by atoms with E-state index in [1.807, 2.05) is 41.2 Å². The normalized spacial score (nSPS) is 10.9. The molecule has 0 saturated carbocycles. The van der Waals surface area contributed by atoms with Crippen molar-refractivity contribution < 1.29 is 9.47 Å². The lowest BCUT2D eigenvalue weighted by Crippen LogP contribution is -2.37. The Labute approximate surface area is 165 Å². The molecule has 25 heavy (non-hydrogen) atoms. The van der Waals surface area contributed by atoms with Crippen molar-refractivity contribution in [3.8, 4) is 11.4 Å². The number of aliphatic imine (C=N–C) groups is 1. The van der Waals surface area contributed by atoms with Crippen LogP contribution in [0.3, 0.4) is 0 Å². The fraction of sp³-hybridized carbons (Fsp3) is 0.412. The number of nitrogens with one attached hydrogen (secondary N) is 2. The predicted octanol–water partition coefficient (Wildman–Crippen LogP) is 2.20. The monoisotopic (exact) mass is 459 g/mol. The van der Waals surface area contributed by atoms with Gasteiger partial charge < -0.3 is 20.1 Å². The number of halogens is 1. The van der Waals surface area contributed by atoms with Crippen LogP contribution in [0.4, 0.5) is 0 Å². The molecule has 1 heterocycles. The number of methoxy groups -OCH3 is 2. The summed E-state index contributed by atoms with van der Waals surface area (Å²) in [5, 5.41) is 11.0. The van der Waals surface area contributed by atoms with Crippen LogP contribution in [0.5, 0.6) is 5.75 Å². The predicted molar refractivity (Wildman–Crippen MR) is 110 cm³/mol. The molecule has 0 fully saturated rings. The van der Waals surface area contributed by atoms with E-state index in [2.05, 4.69) is 20.7 Å². The summed E-state index contributed by atoms with van der Waals surface area (Å²) in [6.07, 6.45) is 2.87. The first-order chi connectivity index (χ1) is 11.8. The summed E-state index contributed by atoms with van der Waals surface area (Å²) in [5.41, 5.74) is 1.93. The lowest BCUT2D eigenvalue weighted by Gasteiger charge is -2.10. The van der Waals surface area contributed by atoms with Gasteiger partial charge in [-0.1, -0.05) is 0 Å². The van der Waals surface area contributed by atoms with Gasteiger partial charge in [-0.05, 0) is 36.8 Å². The number of ether oxygens (including phenoxy) is 2. The van der Waals surface area contributed by atoms with Gasteiger partial charge in [0.2, 0.25) is 0 Å². The van der Waals surface area contributed by atoms with E-state index in [9.17, 15) is 0 Å². The average molecular weight is 459 g/mol. The smallest absolute Gasteiger partial charge is 0.191 e. The van der Waals surface area contributed by atoms with Crippen molar-refractivity contribution in [1.82, 2.24) is 20.4 Å². The summed E-state index contributed by atoms with van der Waals surface area (Å²) in [5.74, 6) is 1.58. The topological polar surface area (TPSA) is 72.7 Å². The first-order valence-corrected chi connectivity index (χ1v) is 7.89. The molecule has 0 aliphatic rings. The number of rotatable bonds is 8. The molecule has 0 amide bonds. The minimum atomic E-state index is 0. The third-order valence-electron chi connectivity index (χ3n) is 3.46. The molecule has 2 N–H and O–H groups in total. The van der Waals surface area contributed by atoms with Crippen LogP contribution in [0.25, 0.3) is 5.69 Å². The molecule has 8 heteroatoms. The molecular weight excluding hydrogens is 433 g/mol. The largest absolute Gasteiger partial charge is 0.497 e. The lowest BCUT2D eigenvalue weighted by atomic mass is 10.3. The molecule has 0 saturated heterocycles. The number of hydrogen-bond donors (Lipinski definition) is 2. The average Bonchev–Trinajstić information content (AvgIpc) is 3.10. The van der Waals surface area contributed by atoms with Crippen LogP contribution >= 0.6 is 24.0 Å².